The summed E-state index contributed by atoms with van der Waals surface area (Å²) in [5.41, 5.74) is 2.91. The van der Waals surface area contributed by atoms with E-state index in [4.69, 9.17) is 10.2 Å². The summed E-state index contributed by atoms with van der Waals surface area (Å²) >= 11 is 0. The third-order valence-electron chi connectivity index (χ3n) is 5.12. The van der Waals surface area contributed by atoms with Crippen molar-refractivity contribution in [2.24, 2.45) is 0 Å². The number of hydrogen-bond acceptors (Lipinski definition) is 4. The van der Waals surface area contributed by atoms with Gasteiger partial charge in [0.2, 0.25) is 0 Å². The van der Waals surface area contributed by atoms with E-state index in [1.54, 1.807) is 30.3 Å². The standard InChI is InChI=1S/C15H13NO3.C14H10FNO3/c1-10-4-2-5-11(8-10)14(17)16-13-7-3-6-12(9-13)15(18)19;15-11-3-1-2-10(8-11)13(17)16-12-6-4-9(5-7-12)14(18)19/h2-9H,1H3,(H,16,17)(H,18,19);1-8H,(H,16,17)(H,18,19). The van der Waals surface area contributed by atoms with E-state index in [1.807, 2.05) is 13.0 Å². The van der Waals surface area contributed by atoms with Crippen molar-refractivity contribution in [1.29, 1.82) is 0 Å². The van der Waals surface area contributed by atoms with Crippen molar-refractivity contribution in [3.8, 4) is 0 Å². The first kappa shape index (κ1) is 27.3. The summed E-state index contributed by atoms with van der Waals surface area (Å²) in [4.78, 5) is 45.3. The van der Waals surface area contributed by atoms with Gasteiger partial charge in [0.1, 0.15) is 5.82 Å². The molecule has 38 heavy (non-hydrogen) atoms. The zero-order valence-corrected chi connectivity index (χ0v) is 20.1. The van der Waals surface area contributed by atoms with Gasteiger partial charge in [0, 0.05) is 22.5 Å². The van der Waals surface area contributed by atoms with E-state index in [0.29, 0.717) is 16.9 Å². The van der Waals surface area contributed by atoms with Crippen molar-refractivity contribution in [3.63, 3.8) is 0 Å². The molecule has 0 aromatic heterocycles. The molecule has 0 saturated carbocycles. The van der Waals surface area contributed by atoms with Gasteiger partial charge in [-0.25, -0.2) is 14.0 Å². The highest BCUT2D eigenvalue weighted by Gasteiger charge is 2.09. The average molecular weight is 515 g/mol. The lowest BCUT2D eigenvalue weighted by Gasteiger charge is -2.06. The molecule has 0 heterocycles. The van der Waals surface area contributed by atoms with Gasteiger partial charge in [-0.1, -0.05) is 29.8 Å². The highest BCUT2D eigenvalue weighted by atomic mass is 19.1. The number of hydrogen-bond donors (Lipinski definition) is 4. The second-order valence-electron chi connectivity index (χ2n) is 8.06. The van der Waals surface area contributed by atoms with Crippen LogP contribution in [0.15, 0.2) is 97.1 Å². The van der Waals surface area contributed by atoms with Gasteiger partial charge < -0.3 is 20.8 Å². The second kappa shape index (κ2) is 12.6. The molecule has 0 aliphatic heterocycles. The molecule has 0 aliphatic rings. The van der Waals surface area contributed by atoms with Crippen molar-refractivity contribution in [2.45, 2.75) is 6.92 Å². The zero-order valence-electron chi connectivity index (χ0n) is 20.1. The van der Waals surface area contributed by atoms with Crippen LogP contribution in [0.3, 0.4) is 0 Å². The number of carbonyl (C=O) groups is 4. The van der Waals surface area contributed by atoms with Crippen LogP contribution in [-0.2, 0) is 0 Å². The summed E-state index contributed by atoms with van der Waals surface area (Å²) in [6.45, 7) is 1.90. The van der Waals surface area contributed by atoms with Crippen LogP contribution >= 0.6 is 0 Å². The van der Waals surface area contributed by atoms with Crippen LogP contribution < -0.4 is 10.6 Å². The average Bonchev–Trinajstić information content (AvgIpc) is 2.89. The number of nitrogens with one attached hydrogen (secondary N) is 2. The largest absolute Gasteiger partial charge is 0.478 e. The molecule has 0 radical (unpaired) electrons. The second-order valence-corrected chi connectivity index (χ2v) is 8.06. The fraction of sp³-hybridized carbons (Fsp3) is 0.0345. The number of carboxylic acid groups (broad SMARTS) is 2. The minimum Gasteiger partial charge on any atom is -0.478 e. The van der Waals surface area contributed by atoms with Gasteiger partial charge in [0.25, 0.3) is 11.8 Å². The highest BCUT2D eigenvalue weighted by molar-refractivity contribution is 6.05. The fourth-order valence-electron chi connectivity index (χ4n) is 3.25. The minimum absolute atomic E-state index is 0.128. The number of anilines is 2. The first-order chi connectivity index (χ1) is 18.1. The smallest absolute Gasteiger partial charge is 0.335 e. The molecule has 4 aromatic carbocycles. The number of aromatic carboxylic acids is 2. The number of carbonyl (C=O) groups excluding carboxylic acids is 2. The maximum absolute atomic E-state index is 13.0. The molecule has 0 aliphatic carbocycles. The maximum Gasteiger partial charge on any atom is 0.335 e. The molecule has 8 nitrogen and oxygen atoms in total. The fourth-order valence-corrected chi connectivity index (χ4v) is 3.25. The van der Waals surface area contributed by atoms with Crippen LogP contribution in [-0.4, -0.2) is 34.0 Å². The van der Waals surface area contributed by atoms with Crippen LogP contribution in [0.25, 0.3) is 0 Å². The van der Waals surface area contributed by atoms with Gasteiger partial charge in [-0.3, -0.25) is 9.59 Å². The molecule has 192 valence electrons. The van der Waals surface area contributed by atoms with Crippen LogP contribution in [0.1, 0.15) is 47.0 Å². The molecule has 4 aromatic rings. The summed E-state index contributed by atoms with van der Waals surface area (Å²) in [5.74, 6) is -3.27. The van der Waals surface area contributed by atoms with E-state index in [0.717, 1.165) is 11.6 Å². The number of benzene rings is 4. The molecule has 0 atom stereocenters. The Balaban J connectivity index is 0.000000211. The van der Waals surface area contributed by atoms with E-state index >= 15 is 0 Å². The Morgan fingerprint density at radius 2 is 1.11 bits per heavy atom. The molecule has 0 unspecified atom stereocenters. The van der Waals surface area contributed by atoms with Gasteiger partial charge >= 0.3 is 11.9 Å². The van der Waals surface area contributed by atoms with Crippen LogP contribution in [0.4, 0.5) is 15.8 Å². The Morgan fingerprint density at radius 1 is 0.579 bits per heavy atom. The number of amides is 2. The van der Waals surface area contributed by atoms with Gasteiger partial charge in [0.05, 0.1) is 11.1 Å². The van der Waals surface area contributed by atoms with E-state index < -0.39 is 23.7 Å². The molecule has 4 N–H and O–H groups in total. The topological polar surface area (TPSA) is 133 Å². The number of halogens is 1. The monoisotopic (exact) mass is 514 g/mol. The Kier molecular flexibility index (Phi) is 9.04. The SMILES string of the molecule is Cc1cccc(C(=O)Nc2cccc(C(=O)O)c2)c1.O=C(O)c1ccc(NC(=O)c2cccc(F)c2)cc1. The quantitative estimate of drug-likeness (QED) is 0.260. The normalized spacial score (nSPS) is 9.95. The third kappa shape index (κ3) is 7.85. The maximum atomic E-state index is 13.0. The molecular formula is C29H23FN2O6. The molecular weight excluding hydrogens is 491 g/mol. The summed E-state index contributed by atoms with van der Waals surface area (Å²) in [6.07, 6.45) is 0. The Hall–Kier alpha value is -5.31. The lowest BCUT2D eigenvalue weighted by molar-refractivity contribution is 0.0686. The van der Waals surface area contributed by atoms with Crippen molar-refractivity contribution in [3.05, 3.63) is 131 Å². The minimum atomic E-state index is -1.04. The molecule has 4 rings (SSSR count). The predicted octanol–water partition coefficient (Wildman–Crippen LogP) is 5.72. The number of rotatable bonds is 6. The molecule has 2 amide bonds. The van der Waals surface area contributed by atoms with E-state index in [1.165, 1.54) is 54.6 Å². The summed E-state index contributed by atoms with van der Waals surface area (Å²) in [7, 11) is 0. The van der Waals surface area contributed by atoms with Crippen LogP contribution in [0.2, 0.25) is 0 Å². The molecule has 0 saturated heterocycles. The summed E-state index contributed by atoms with van der Waals surface area (Å²) in [5, 5.41) is 22.9. The lowest BCUT2D eigenvalue weighted by Crippen LogP contribution is -2.12. The van der Waals surface area contributed by atoms with Gasteiger partial charge in [-0.2, -0.15) is 0 Å². The molecule has 0 fully saturated rings. The van der Waals surface area contributed by atoms with Crippen molar-refractivity contribution < 1.29 is 33.8 Å². The Labute approximate surface area is 217 Å². The first-order valence-corrected chi connectivity index (χ1v) is 11.2. The molecule has 0 bridgehead atoms. The van der Waals surface area contributed by atoms with Crippen molar-refractivity contribution in [2.75, 3.05) is 10.6 Å². The highest BCUT2D eigenvalue weighted by Crippen LogP contribution is 2.14. The molecule has 0 spiro atoms. The van der Waals surface area contributed by atoms with E-state index in [2.05, 4.69) is 10.6 Å². The van der Waals surface area contributed by atoms with Gasteiger partial charge in [-0.05, 0) is 79.7 Å². The molecule has 9 heteroatoms. The van der Waals surface area contributed by atoms with E-state index in [9.17, 15) is 23.6 Å². The van der Waals surface area contributed by atoms with Gasteiger partial charge in [0.15, 0.2) is 0 Å². The zero-order chi connectivity index (χ0) is 27.7. The summed E-state index contributed by atoms with van der Waals surface area (Å²) in [6, 6.07) is 24.4. The Bertz CT molecular complexity index is 1480. The predicted molar refractivity (Wildman–Crippen MR) is 140 cm³/mol. The van der Waals surface area contributed by atoms with Crippen molar-refractivity contribution >= 4 is 35.1 Å². The number of aryl methyl sites for hydroxylation is 1. The van der Waals surface area contributed by atoms with Gasteiger partial charge in [-0.15, -0.1) is 0 Å². The number of carboxylic acids is 2. The Morgan fingerprint density at radius 3 is 1.68 bits per heavy atom. The van der Waals surface area contributed by atoms with Crippen LogP contribution in [0.5, 0.6) is 0 Å². The van der Waals surface area contributed by atoms with E-state index in [-0.39, 0.29) is 22.6 Å². The summed E-state index contributed by atoms with van der Waals surface area (Å²) < 4.78 is 13.0. The lowest BCUT2D eigenvalue weighted by atomic mass is 10.1. The van der Waals surface area contributed by atoms with Crippen LogP contribution in [0, 0.1) is 12.7 Å². The first-order valence-electron chi connectivity index (χ1n) is 11.2. The third-order valence-corrected chi connectivity index (χ3v) is 5.12. The van der Waals surface area contributed by atoms with Crippen molar-refractivity contribution in [1.82, 2.24) is 0 Å².